The molecule has 0 atom stereocenters. The summed E-state index contributed by atoms with van der Waals surface area (Å²) in [5.41, 5.74) is 0.891. The van der Waals surface area contributed by atoms with Gasteiger partial charge in [-0.3, -0.25) is 9.69 Å². The highest BCUT2D eigenvalue weighted by atomic mass is 79.9. The minimum Gasteiger partial charge on any atom is -0.459 e. The summed E-state index contributed by atoms with van der Waals surface area (Å²) in [4.78, 5) is 20.3. The molecule has 0 aliphatic rings. The lowest BCUT2D eigenvalue weighted by molar-refractivity contribution is -0.856. The molecule has 0 aliphatic carbocycles. The number of halogens is 1. The second-order valence-electron chi connectivity index (χ2n) is 5.50. The number of thiazole rings is 1. The molecule has 120 valence electrons. The molecule has 23 heavy (non-hydrogen) atoms. The van der Waals surface area contributed by atoms with Crippen LogP contribution in [0.3, 0.4) is 0 Å². The number of nitrogens with one attached hydrogen (secondary N) is 1. The predicted molar refractivity (Wildman–Crippen MR) is 95.4 cm³/mol. The van der Waals surface area contributed by atoms with Gasteiger partial charge < -0.3 is 9.32 Å². The van der Waals surface area contributed by atoms with Gasteiger partial charge in [-0.25, -0.2) is 4.98 Å². The van der Waals surface area contributed by atoms with Gasteiger partial charge in [-0.05, 0) is 30.3 Å². The van der Waals surface area contributed by atoms with Crippen LogP contribution in [0.2, 0.25) is 0 Å². The van der Waals surface area contributed by atoms with Crippen molar-refractivity contribution in [3.63, 3.8) is 0 Å². The van der Waals surface area contributed by atoms with Crippen molar-refractivity contribution in [2.75, 3.05) is 32.1 Å². The third-order valence-electron chi connectivity index (χ3n) is 3.38. The molecule has 0 aliphatic heterocycles. The van der Waals surface area contributed by atoms with Crippen molar-refractivity contribution in [1.82, 2.24) is 4.98 Å². The van der Waals surface area contributed by atoms with Gasteiger partial charge >= 0.3 is 0 Å². The molecule has 1 aromatic carbocycles. The first kappa shape index (κ1) is 16.2. The summed E-state index contributed by atoms with van der Waals surface area (Å²) in [5.74, 6) is 0.175. The van der Waals surface area contributed by atoms with E-state index in [1.54, 1.807) is 17.0 Å². The van der Waals surface area contributed by atoms with Gasteiger partial charge in [-0.15, -0.1) is 0 Å². The summed E-state index contributed by atoms with van der Waals surface area (Å²) in [5, 5.41) is 0.695. The molecule has 0 saturated heterocycles. The van der Waals surface area contributed by atoms with Crippen molar-refractivity contribution in [2.45, 2.75) is 0 Å². The Morgan fingerprint density at radius 1 is 1.39 bits per heavy atom. The number of carbonyl (C=O) groups excluding carboxylic acids is 1. The van der Waals surface area contributed by atoms with Crippen LogP contribution >= 0.6 is 27.3 Å². The number of carbonyl (C=O) groups is 1. The Balaban J connectivity index is 1.96. The normalized spacial score (nSPS) is 11.3. The third-order valence-corrected chi connectivity index (χ3v) is 4.92. The van der Waals surface area contributed by atoms with E-state index in [0.717, 1.165) is 21.2 Å². The molecule has 0 saturated carbocycles. The number of aromatic nitrogens is 1. The molecule has 0 unspecified atom stereocenters. The van der Waals surface area contributed by atoms with Crippen LogP contribution in [0, 0.1) is 0 Å². The molecule has 3 rings (SSSR count). The van der Waals surface area contributed by atoms with E-state index in [0.29, 0.717) is 17.4 Å². The van der Waals surface area contributed by atoms with Crippen molar-refractivity contribution in [3.8, 4) is 0 Å². The Bertz CT molecular complexity index is 814. The van der Waals surface area contributed by atoms with Gasteiger partial charge in [0.15, 0.2) is 10.9 Å². The number of hydrogen-bond acceptors (Lipinski definition) is 4. The summed E-state index contributed by atoms with van der Waals surface area (Å²) in [7, 11) is 4.12. The molecule has 7 heteroatoms. The molecule has 0 bridgehead atoms. The summed E-state index contributed by atoms with van der Waals surface area (Å²) in [6.07, 6.45) is 1.51. The van der Waals surface area contributed by atoms with Gasteiger partial charge in [-0.2, -0.15) is 0 Å². The number of fused-ring (bicyclic) bond motifs is 1. The van der Waals surface area contributed by atoms with Crippen LogP contribution in [-0.2, 0) is 0 Å². The number of furan rings is 1. The molecular weight excluding hydrogens is 378 g/mol. The molecule has 3 aromatic rings. The van der Waals surface area contributed by atoms with Gasteiger partial charge in [0.2, 0.25) is 0 Å². The number of hydrogen-bond donors (Lipinski definition) is 1. The zero-order valence-corrected chi connectivity index (χ0v) is 15.3. The summed E-state index contributed by atoms with van der Waals surface area (Å²) in [6, 6.07) is 9.32. The Morgan fingerprint density at radius 2 is 2.22 bits per heavy atom. The molecule has 0 fully saturated rings. The van der Waals surface area contributed by atoms with E-state index < -0.39 is 0 Å². The number of rotatable bonds is 5. The summed E-state index contributed by atoms with van der Waals surface area (Å²) < 4.78 is 7.32. The first-order valence-corrected chi connectivity index (χ1v) is 8.86. The van der Waals surface area contributed by atoms with Crippen molar-refractivity contribution in [3.05, 3.63) is 46.8 Å². The lowest BCUT2D eigenvalue weighted by Gasteiger charge is -2.19. The van der Waals surface area contributed by atoms with Crippen LogP contribution in [0.25, 0.3) is 10.2 Å². The number of amides is 1. The van der Waals surface area contributed by atoms with Crippen molar-refractivity contribution in [2.24, 2.45) is 0 Å². The van der Waals surface area contributed by atoms with Gasteiger partial charge in [-0.1, -0.05) is 27.3 Å². The van der Waals surface area contributed by atoms with E-state index >= 15 is 0 Å². The topological polar surface area (TPSA) is 50.8 Å². The smallest absolute Gasteiger partial charge is 0.295 e. The van der Waals surface area contributed by atoms with Gasteiger partial charge in [0.05, 0.1) is 43.7 Å². The minimum atomic E-state index is -0.158. The zero-order valence-electron chi connectivity index (χ0n) is 12.9. The minimum absolute atomic E-state index is 0.158. The van der Waals surface area contributed by atoms with E-state index in [1.165, 1.54) is 22.5 Å². The van der Waals surface area contributed by atoms with Gasteiger partial charge in [0.1, 0.15) is 0 Å². The number of anilines is 1. The van der Waals surface area contributed by atoms with E-state index in [1.807, 2.05) is 18.2 Å². The van der Waals surface area contributed by atoms with Crippen molar-refractivity contribution < 1.29 is 14.1 Å². The maximum absolute atomic E-state index is 12.7. The first-order valence-electron chi connectivity index (χ1n) is 7.25. The Labute approximate surface area is 146 Å². The molecule has 1 amide bonds. The fourth-order valence-corrected chi connectivity index (χ4v) is 3.70. The highest BCUT2D eigenvalue weighted by Gasteiger charge is 2.24. The van der Waals surface area contributed by atoms with E-state index in [4.69, 9.17) is 4.42 Å². The van der Waals surface area contributed by atoms with Gasteiger partial charge in [0.25, 0.3) is 5.91 Å². The Morgan fingerprint density at radius 3 is 2.91 bits per heavy atom. The number of benzene rings is 1. The largest absolute Gasteiger partial charge is 0.459 e. The molecule has 0 radical (unpaired) electrons. The average Bonchev–Trinajstić information content (AvgIpc) is 3.15. The Kier molecular flexibility index (Phi) is 4.79. The van der Waals surface area contributed by atoms with Crippen LogP contribution in [0.1, 0.15) is 10.6 Å². The van der Waals surface area contributed by atoms with E-state index in [-0.39, 0.29) is 5.91 Å². The molecule has 5 nitrogen and oxygen atoms in total. The maximum atomic E-state index is 12.7. The summed E-state index contributed by atoms with van der Waals surface area (Å²) >= 11 is 4.98. The average molecular weight is 395 g/mol. The third kappa shape index (κ3) is 3.63. The molecule has 2 heterocycles. The second kappa shape index (κ2) is 6.82. The molecule has 0 spiro atoms. The predicted octanol–water partition coefficient (Wildman–Crippen LogP) is 2.44. The van der Waals surface area contributed by atoms with Crippen LogP contribution < -0.4 is 9.80 Å². The van der Waals surface area contributed by atoms with Crippen LogP contribution in [0.5, 0.6) is 0 Å². The highest BCUT2D eigenvalue weighted by molar-refractivity contribution is 9.10. The Hall–Kier alpha value is -1.70. The lowest BCUT2D eigenvalue weighted by Crippen LogP contribution is -3.06. The number of likely N-dealkylation sites (N-methyl/N-ethyl adjacent to an activating group) is 1. The molecule has 1 N–H and O–H groups in total. The van der Waals surface area contributed by atoms with Crippen molar-refractivity contribution >= 4 is 48.5 Å². The van der Waals surface area contributed by atoms with E-state index in [2.05, 4.69) is 35.0 Å². The quantitative estimate of drug-likeness (QED) is 0.722. The molecular formula is C16H17BrN3O2S+. The fourth-order valence-electron chi connectivity index (χ4n) is 2.15. The maximum Gasteiger partial charge on any atom is 0.295 e. The van der Waals surface area contributed by atoms with E-state index in [9.17, 15) is 4.79 Å². The van der Waals surface area contributed by atoms with Crippen molar-refractivity contribution in [1.29, 1.82) is 0 Å². The standard InChI is InChI=1S/C16H16BrN3O2S/c1-19(2)7-8-20(15(21)13-4-3-9-22-13)16-18-12-6-5-11(17)10-14(12)23-16/h3-6,9-10H,7-8H2,1-2H3/p+1. The second-order valence-corrected chi connectivity index (χ2v) is 7.42. The summed E-state index contributed by atoms with van der Waals surface area (Å²) in [6.45, 7) is 1.41. The van der Waals surface area contributed by atoms with Crippen LogP contribution in [-0.4, -0.2) is 38.1 Å². The lowest BCUT2D eigenvalue weighted by atomic mass is 10.3. The number of quaternary nitrogens is 1. The SMILES string of the molecule is C[NH+](C)CCN(C(=O)c1ccco1)c1nc2ccc(Br)cc2s1. The first-order chi connectivity index (χ1) is 11.0. The highest BCUT2D eigenvalue weighted by Crippen LogP contribution is 2.31. The fraction of sp³-hybridized carbons (Fsp3) is 0.250. The zero-order chi connectivity index (χ0) is 16.4. The van der Waals surface area contributed by atoms with Gasteiger partial charge in [0, 0.05) is 4.47 Å². The van der Waals surface area contributed by atoms with Crippen LogP contribution in [0.15, 0.2) is 45.5 Å². The van der Waals surface area contributed by atoms with Crippen LogP contribution in [0.4, 0.5) is 5.13 Å². The monoisotopic (exact) mass is 394 g/mol. The number of nitrogens with zero attached hydrogens (tertiary/aromatic N) is 2. The molecule has 2 aromatic heterocycles.